The third-order valence-corrected chi connectivity index (χ3v) is 8.63. The van der Waals surface area contributed by atoms with Crippen LogP contribution in [-0.4, -0.2) is 23.1 Å². The first-order valence-electron chi connectivity index (χ1n) is 11.8. The van der Waals surface area contributed by atoms with Crippen LogP contribution in [0.3, 0.4) is 0 Å². The van der Waals surface area contributed by atoms with Crippen LogP contribution in [-0.2, 0) is 0 Å². The lowest BCUT2D eigenvalue weighted by atomic mass is 10.0. The number of nitrogens with zero attached hydrogens (tertiary/aromatic N) is 1. The molecule has 212 valence electrons. The second-order valence-corrected chi connectivity index (χ2v) is 13.0. The fourth-order valence-electron chi connectivity index (χ4n) is 4.14. The second kappa shape index (κ2) is 13.1. The van der Waals surface area contributed by atoms with Crippen LogP contribution in [0.2, 0.25) is 20.1 Å². The first-order valence-corrected chi connectivity index (χ1v) is 15.7. The van der Waals surface area contributed by atoms with E-state index in [0.29, 0.717) is 51.6 Å². The van der Waals surface area contributed by atoms with E-state index in [2.05, 4.69) is 63.3 Å². The Morgan fingerprint density at radius 2 is 1.60 bits per heavy atom. The molecule has 0 unspecified atom stereocenters. The Bertz CT molecular complexity index is 1930. The number of carbonyl (C=O) groups is 2. The van der Waals surface area contributed by atoms with Gasteiger partial charge in [-0.25, -0.2) is 10.2 Å². The number of benzene rings is 4. The Morgan fingerprint density at radius 3 is 2.33 bits per heavy atom. The molecule has 5 rings (SSSR count). The number of aromatic amines is 1. The summed E-state index contributed by atoms with van der Waals surface area (Å²) in [6, 6.07) is 18.6. The van der Waals surface area contributed by atoms with Crippen molar-refractivity contribution in [3.63, 3.8) is 0 Å². The van der Waals surface area contributed by atoms with Gasteiger partial charge in [-0.05, 0) is 64.5 Å². The molecule has 4 aromatic carbocycles. The zero-order valence-corrected chi connectivity index (χ0v) is 28.5. The fourth-order valence-corrected chi connectivity index (χ4v) is 7.05. The molecular weight excluding hydrogens is 820 g/mol. The summed E-state index contributed by atoms with van der Waals surface area (Å²) < 4.78 is 7.52. The average molecular weight is 834 g/mol. The van der Waals surface area contributed by atoms with Crippen molar-refractivity contribution >= 4 is 123 Å². The highest BCUT2D eigenvalue weighted by Crippen LogP contribution is 2.40. The number of carbonyl (C=O) groups excluding carboxylic acids is 2. The monoisotopic (exact) mass is 829 g/mol. The molecule has 6 nitrogen and oxygen atoms in total. The Balaban J connectivity index is 1.48. The maximum Gasteiger partial charge on any atom is 0.345 e. The van der Waals surface area contributed by atoms with Gasteiger partial charge in [0, 0.05) is 41.1 Å². The smallest absolute Gasteiger partial charge is 0.345 e. The highest BCUT2D eigenvalue weighted by atomic mass is 79.9. The van der Waals surface area contributed by atoms with Crippen molar-refractivity contribution in [2.24, 2.45) is 5.10 Å². The van der Waals surface area contributed by atoms with Crippen LogP contribution in [0.4, 0.5) is 0 Å². The molecule has 2 N–H and O–H groups in total. The minimum absolute atomic E-state index is 0.128. The summed E-state index contributed by atoms with van der Waals surface area (Å²) in [6.45, 7) is 0. The van der Waals surface area contributed by atoms with Gasteiger partial charge in [-0.15, -0.1) is 0 Å². The van der Waals surface area contributed by atoms with E-state index in [9.17, 15) is 9.59 Å². The minimum Gasteiger partial charge on any atom is -0.421 e. The van der Waals surface area contributed by atoms with Crippen LogP contribution in [0, 0.1) is 0 Å². The molecule has 13 heteroatoms. The van der Waals surface area contributed by atoms with Crippen LogP contribution in [0.25, 0.3) is 22.0 Å². The number of rotatable bonds is 6. The molecule has 0 aliphatic rings. The fraction of sp³-hybridized carbons (Fsp3) is 0. The third kappa shape index (κ3) is 6.58. The van der Waals surface area contributed by atoms with Gasteiger partial charge < -0.3 is 9.72 Å². The lowest BCUT2D eigenvalue weighted by Crippen LogP contribution is -2.19. The van der Waals surface area contributed by atoms with Gasteiger partial charge >= 0.3 is 5.97 Å². The van der Waals surface area contributed by atoms with E-state index in [1.165, 1.54) is 24.4 Å². The number of nitrogens with one attached hydrogen (secondary N) is 2. The number of hydrazone groups is 1. The van der Waals surface area contributed by atoms with E-state index in [-0.39, 0.29) is 22.0 Å². The van der Waals surface area contributed by atoms with Crippen molar-refractivity contribution in [1.29, 1.82) is 0 Å². The number of fused-ring (bicyclic) bond motifs is 1. The summed E-state index contributed by atoms with van der Waals surface area (Å²) in [4.78, 5) is 29.5. The van der Waals surface area contributed by atoms with Gasteiger partial charge in [0.1, 0.15) is 5.69 Å². The predicted molar refractivity (Wildman–Crippen MR) is 180 cm³/mol. The van der Waals surface area contributed by atoms with Crippen molar-refractivity contribution in [1.82, 2.24) is 10.4 Å². The summed E-state index contributed by atoms with van der Waals surface area (Å²) in [6.07, 6.45) is 1.35. The zero-order chi connectivity index (χ0) is 30.1. The van der Waals surface area contributed by atoms with E-state index < -0.39 is 11.9 Å². The van der Waals surface area contributed by atoms with Crippen LogP contribution in [0.15, 0.2) is 85.2 Å². The number of esters is 1. The van der Waals surface area contributed by atoms with Crippen LogP contribution < -0.4 is 10.2 Å². The molecule has 42 heavy (non-hydrogen) atoms. The first-order chi connectivity index (χ1) is 20.0. The van der Waals surface area contributed by atoms with Gasteiger partial charge in [0.2, 0.25) is 0 Å². The number of aromatic nitrogens is 1. The molecule has 0 saturated heterocycles. The summed E-state index contributed by atoms with van der Waals surface area (Å²) in [5.41, 5.74) is 5.01. The lowest BCUT2D eigenvalue weighted by Gasteiger charge is -2.11. The molecule has 5 aromatic rings. The van der Waals surface area contributed by atoms with Gasteiger partial charge in [-0.2, -0.15) is 5.10 Å². The van der Waals surface area contributed by atoms with Gasteiger partial charge in [-0.3, -0.25) is 4.79 Å². The van der Waals surface area contributed by atoms with E-state index in [1.807, 2.05) is 18.2 Å². The molecule has 1 aromatic heterocycles. The molecule has 0 fully saturated rings. The number of hydrogen-bond acceptors (Lipinski definition) is 4. The Labute approximate surface area is 284 Å². The number of hydrogen-bond donors (Lipinski definition) is 2. The molecule has 0 spiro atoms. The number of amides is 1. The largest absolute Gasteiger partial charge is 0.421 e. The first kappa shape index (κ1) is 31.1. The van der Waals surface area contributed by atoms with Gasteiger partial charge in [-0.1, -0.05) is 96.5 Å². The van der Waals surface area contributed by atoms with Crippen LogP contribution in [0.5, 0.6) is 5.75 Å². The minimum atomic E-state index is -0.705. The number of ether oxygens (including phenoxy) is 1. The standard InChI is InChI=1S/C29H14Br3Cl4N3O3/c30-14-7-13(27(20(32)9-14)42-29(41)18-6-5-16(33)11-22(18)35)12-37-39-28(40)26-24(17-3-1-2-4-21(17)34)19-8-15(31)10-23(36)25(19)38-26/h1-12,38H,(H,39,40). The van der Waals surface area contributed by atoms with E-state index in [0.717, 1.165) is 4.47 Å². The maximum atomic E-state index is 13.5. The maximum absolute atomic E-state index is 13.5. The average Bonchev–Trinajstić information content (AvgIpc) is 3.30. The highest BCUT2D eigenvalue weighted by Gasteiger charge is 2.23. The summed E-state index contributed by atoms with van der Waals surface area (Å²) in [7, 11) is 0. The van der Waals surface area contributed by atoms with E-state index in [1.54, 1.807) is 30.3 Å². The highest BCUT2D eigenvalue weighted by molar-refractivity contribution is 9.11. The van der Waals surface area contributed by atoms with Crippen LogP contribution in [0.1, 0.15) is 26.4 Å². The zero-order valence-electron chi connectivity index (χ0n) is 20.7. The SMILES string of the molecule is O=C(Oc1c(Br)cc(Br)cc1C=NNC(=O)c1[nH]c2c(Cl)cc(Br)cc2c1-c1ccccc1Cl)c1ccc(Cl)cc1Cl. The Morgan fingerprint density at radius 1 is 0.857 bits per heavy atom. The molecule has 1 amide bonds. The second-order valence-electron chi connectivity index (χ2n) is 8.68. The molecule has 1 heterocycles. The van der Waals surface area contributed by atoms with Crippen molar-refractivity contribution in [3.05, 3.63) is 117 Å². The van der Waals surface area contributed by atoms with Gasteiger partial charge in [0.05, 0.1) is 31.8 Å². The summed E-state index contributed by atoms with van der Waals surface area (Å²) in [5, 5.41) is 6.24. The lowest BCUT2D eigenvalue weighted by molar-refractivity contribution is 0.0733. The topological polar surface area (TPSA) is 83.5 Å². The van der Waals surface area contributed by atoms with Crippen molar-refractivity contribution in [3.8, 4) is 16.9 Å². The van der Waals surface area contributed by atoms with Gasteiger partial charge in [0.15, 0.2) is 5.75 Å². The molecule has 0 aliphatic carbocycles. The molecule has 0 atom stereocenters. The number of H-pyrrole nitrogens is 1. The molecule has 0 saturated carbocycles. The summed E-state index contributed by atoms with van der Waals surface area (Å²) >= 11 is 35.5. The van der Waals surface area contributed by atoms with Crippen molar-refractivity contribution < 1.29 is 14.3 Å². The quantitative estimate of drug-likeness (QED) is 0.0774. The number of halogens is 7. The van der Waals surface area contributed by atoms with Crippen molar-refractivity contribution in [2.45, 2.75) is 0 Å². The molecular formula is C29H14Br3Cl4N3O3. The third-order valence-electron chi connectivity index (χ3n) is 5.95. The van der Waals surface area contributed by atoms with E-state index >= 15 is 0 Å². The predicted octanol–water partition coefficient (Wildman–Crippen LogP) is 10.7. The van der Waals surface area contributed by atoms with E-state index in [4.69, 9.17) is 51.1 Å². The molecule has 0 bridgehead atoms. The van der Waals surface area contributed by atoms with Crippen molar-refractivity contribution in [2.75, 3.05) is 0 Å². The molecule has 0 radical (unpaired) electrons. The summed E-state index contributed by atoms with van der Waals surface area (Å²) in [5.74, 6) is -1.10. The van der Waals surface area contributed by atoms with Gasteiger partial charge in [0.25, 0.3) is 5.91 Å². The Hall–Kier alpha value is -2.37. The Kier molecular flexibility index (Phi) is 9.69. The molecule has 0 aliphatic heterocycles. The van der Waals surface area contributed by atoms with Crippen LogP contribution >= 0.6 is 94.2 Å². The normalized spacial score (nSPS) is 11.3.